The van der Waals surface area contributed by atoms with Gasteiger partial charge >= 0.3 is 0 Å². The number of anilines is 2. The number of hydrogen-bond acceptors (Lipinski definition) is 4. The lowest BCUT2D eigenvalue weighted by molar-refractivity contribution is 0.0514. The van der Waals surface area contributed by atoms with Crippen LogP contribution in [0.1, 0.15) is 41.6 Å². The van der Waals surface area contributed by atoms with Crippen LogP contribution in [-0.4, -0.2) is 48.5 Å². The van der Waals surface area contributed by atoms with E-state index in [2.05, 4.69) is 15.2 Å². The van der Waals surface area contributed by atoms with Gasteiger partial charge in [-0.25, -0.2) is 13.8 Å². The van der Waals surface area contributed by atoms with Gasteiger partial charge in [0.25, 0.3) is 5.91 Å². The smallest absolute Gasteiger partial charge is 0.258 e. The minimum atomic E-state index is -2.22. The highest BCUT2D eigenvalue weighted by Gasteiger charge is 2.38. The fraction of sp³-hybridized carbons (Fsp3) is 0.647. The predicted octanol–water partition coefficient (Wildman–Crippen LogP) is 2.72. The molecule has 1 N–H and O–H groups in total. The second kappa shape index (κ2) is 5.86. The van der Waals surface area contributed by atoms with Crippen molar-refractivity contribution in [2.45, 2.75) is 44.6 Å². The van der Waals surface area contributed by atoms with Crippen LogP contribution in [0, 0.1) is 5.92 Å². The maximum absolute atomic E-state index is 12.9. The van der Waals surface area contributed by atoms with E-state index in [-0.39, 0.29) is 11.9 Å². The van der Waals surface area contributed by atoms with Crippen molar-refractivity contribution in [3.8, 4) is 0 Å². The van der Waals surface area contributed by atoms with Gasteiger partial charge in [-0.15, -0.1) is 0 Å². The molecule has 130 valence electrons. The molecule has 3 heterocycles. The van der Waals surface area contributed by atoms with Gasteiger partial charge in [-0.3, -0.25) is 4.79 Å². The van der Waals surface area contributed by atoms with Crippen molar-refractivity contribution in [2.24, 2.45) is 5.92 Å². The maximum Gasteiger partial charge on any atom is 0.258 e. The summed E-state index contributed by atoms with van der Waals surface area (Å²) in [5.41, 5.74) is 2.72. The van der Waals surface area contributed by atoms with Crippen LogP contribution in [0.5, 0.6) is 0 Å². The van der Waals surface area contributed by atoms with Gasteiger partial charge in [0.15, 0.2) is 0 Å². The van der Waals surface area contributed by atoms with E-state index in [9.17, 15) is 13.6 Å². The molecule has 0 spiro atoms. The van der Waals surface area contributed by atoms with Crippen LogP contribution < -0.4 is 10.2 Å². The van der Waals surface area contributed by atoms with E-state index >= 15 is 0 Å². The summed E-state index contributed by atoms with van der Waals surface area (Å²) < 4.78 is 25.9. The Morgan fingerprint density at radius 1 is 1.29 bits per heavy atom. The molecule has 3 aliphatic rings. The Bertz CT molecular complexity index is 658. The number of fused-ring (bicyclic) bond motifs is 3. The molecule has 1 saturated carbocycles. The number of pyridine rings is 1. The normalized spacial score (nSPS) is 26.4. The molecular formula is C17H22F2N4O. The van der Waals surface area contributed by atoms with Gasteiger partial charge in [0.2, 0.25) is 6.43 Å². The second-order valence-electron chi connectivity index (χ2n) is 7.04. The number of aromatic nitrogens is 1. The zero-order valence-corrected chi connectivity index (χ0v) is 13.8. The van der Waals surface area contributed by atoms with Gasteiger partial charge in [-0.05, 0) is 32.1 Å². The number of amides is 1. The van der Waals surface area contributed by atoms with Crippen molar-refractivity contribution >= 4 is 17.4 Å². The standard InChI is InChI=1S/C17H22F2N4O/c1-22-9-23(11-4-2-10(3-5-11)15(18)19)14-12-6-7-20-16(12)21-8-13(14)17(22)24/h8,10-11,15H,2-7,9H2,1H3,(H,20,21). The lowest BCUT2D eigenvalue weighted by Gasteiger charge is -2.44. The lowest BCUT2D eigenvalue weighted by atomic mass is 9.85. The number of carbonyl (C=O) groups excluding carboxylic acids is 1. The number of nitrogens with zero attached hydrogens (tertiary/aromatic N) is 3. The molecule has 7 heteroatoms. The molecular weight excluding hydrogens is 314 g/mol. The molecule has 5 nitrogen and oxygen atoms in total. The highest BCUT2D eigenvalue weighted by Crippen LogP contribution is 2.41. The first-order chi connectivity index (χ1) is 11.6. The number of nitrogens with one attached hydrogen (secondary N) is 1. The number of hydrogen-bond donors (Lipinski definition) is 1. The molecule has 0 saturated heterocycles. The van der Waals surface area contributed by atoms with Crippen LogP contribution >= 0.6 is 0 Å². The summed E-state index contributed by atoms with van der Waals surface area (Å²) in [5, 5.41) is 3.26. The molecule has 0 unspecified atom stereocenters. The Kier molecular flexibility index (Phi) is 3.81. The molecule has 1 aliphatic carbocycles. The van der Waals surface area contributed by atoms with Crippen molar-refractivity contribution in [3.05, 3.63) is 17.3 Å². The molecule has 1 fully saturated rings. The minimum Gasteiger partial charge on any atom is -0.369 e. The topological polar surface area (TPSA) is 48.5 Å². The fourth-order valence-corrected chi connectivity index (χ4v) is 4.25. The average molecular weight is 336 g/mol. The van der Waals surface area contributed by atoms with Crippen LogP contribution in [0.25, 0.3) is 0 Å². The van der Waals surface area contributed by atoms with Gasteiger partial charge < -0.3 is 15.1 Å². The first-order valence-electron chi connectivity index (χ1n) is 8.62. The summed E-state index contributed by atoms with van der Waals surface area (Å²) in [5.74, 6) is 0.372. The van der Waals surface area contributed by atoms with E-state index in [1.165, 1.54) is 0 Å². The summed E-state index contributed by atoms with van der Waals surface area (Å²) in [7, 11) is 1.79. The summed E-state index contributed by atoms with van der Waals surface area (Å²) in [6, 6.07) is 0.210. The van der Waals surface area contributed by atoms with E-state index in [1.54, 1.807) is 18.1 Å². The van der Waals surface area contributed by atoms with Crippen LogP contribution in [-0.2, 0) is 6.42 Å². The number of carbonyl (C=O) groups is 1. The Morgan fingerprint density at radius 2 is 2.04 bits per heavy atom. The van der Waals surface area contributed by atoms with Gasteiger partial charge in [0.05, 0.1) is 17.9 Å². The predicted molar refractivity (Wildman–Crippen MR) is 87.6 cm³/mol. The zero-order chi connectivity index (χ0) is 16.8. The Morgan fingerprint density at radius 3 is 2.75 bits per heavy atom. The molecule has 24 heavy (non-hydrogen) atoms. The van der Waals surface area contributed by atoms with Crippen LogP contribution in [0.15, 0.2) is 6.20 Å². The van der Waals surface area contributed by atoms with Crippen LogP contribution in [0.3, 0.4) is 0 Å². The third-order valence-electron chi connectivity index (χ3n) is 5.58. The van der Waals surface area contributed by atoms with Crippen molar-refractivity contribution in [3.63, 3.8) is 0 Å². The van der Waals surface area contributed by atoms with Crippen molar-refractivity contribution in [2.75, 3.05) is 30.5 Å². The van der Waals surface area contributed by atoms with Gasteiger partial charge in [-0.1, -0.05) is 0 Å². The molecule has 0 radical (unpaired) electrons. The third kappa shape index (κ3) is 2.41. The second-order valence-corrected chi connectivity index (χ2v) is 7.04. The molecule has 2 aliphatic heterocycles. The highest BCUT2D eigenvalue weighted by molar-refractivity contribution is 6.02. The molecule has 0 atom stereocenters. The van der Waals surface area contributed by atoms with Gasteiger partial charge in [0, 0.05) is 37.3 Å². The van der Waals surface area contributed by atoms with Crippen molar-refractivity contribution in [1.82, 2.24) is 9.88 Å². The Hall–Kier alpha value is -1.92. The molecule has 1 aromatic rings. The third-order valence-corrected chi connectivity index (χ3v) is 5.58. The maximum atomic E-state index is 12.9. The minimum absolute atomic E-state index is 0.00952. The fourth-order valence-electron chi connectivity index (χ4n) is 4.25. The van der Waals surface area contributed by atoms with E-state index in [0.29, 0.717) is 25.1 Å². The first kappa shape index (κ1) is 15.6. The summed E-state index contributed by atoms with van der Waals surface area (Å²) in [6.45, 7) is 1.35. The van der Waals surface area contributed by atoms with Gasteiger partial charge in [0.1, 0.15) is 5.82 Å². The molecule has 1 aromatic heterocycles. The first-order valence-corrected chi connectivity index (χ1v) is 8.62. The molecule has 4 rings (SSSR count). The number of rotatable bonds is 2. The van der Waals surface area contributed by atoms with Crippen LogP contribution in [0.4, 0.5) is 20.3 Å². The molecule has 0 bridgehead atoms. The SMILES string of the molecule is CN1CN(C2CCC(C(F)F)CC2)c2c(cnc3c2CCN3)C1=O. The summed E-state index contributed by atoms with van der Waals surface area (Å²) in [4.78, 5) is 20.9. The zero-order valence-electron chi connectivity index (χ0n) is 13.8. The highest BCUT2D eigenvalue weighted by atomic mass is 19.3. The molecule has 0 aromatic carbocycles. The van der Waals surface area contributed by atoms with E-state index < -0.39 is 12.3 Å². The van der Waals surface area contributed by atoms with Gasteiger partial charge in [-0.2, -0.15) is 0 Å². The quantitative estimate of drug-likeness (QED) is 0.902. The lowest BCUT2D eigenvalue weighted by Crippen LogP contribution is -2.50. The van der Waals surface area contributed by atoms with Crippen molar-refractivity contribution < 1.29 is 13.6 Å². The van der Waals surface area contributed by atoms with E-state index in [4.69, 9.17) is 0 Å². The monoisotopic (exact) mass is 336 g/mol. The molecule has 1 amide bonds. The Balaban J connectivity index is 1.67. The number of alkyl halides is 2. The van der Waals surface area contributed by atoms with Crippen molar-refractivity contribution in [1.29, 1.82) is 0 Å². The average Bonchev–Trinajstić information content (AvgIpc) is 3.06. The summed E-state index contributed by atoms with van der Waals surface area (Å²) in [6.07, 6.45) is 2.89. The largest absolute Gasteiger partial charge is 0.369 e. The van der Waals surface area contributed by atoms with Crippen LogP contribution in [0.2, 0.25) is 0 Å². The Labute approximate surface area is 140 Å². The van der Waals surface area contributed by atoms with E-state index in [1.807, 2.05) is 0 Å². The van der Waals surface area contributed by atoms with E-state index in [0.717, 1.165) is 42.9 Å². The summed E-state index contributed by atoms with van der Waals surface area (Å²) >= 11 is 0. The number of halogens is 2.